The van der Waals surface area contributed by atoms with Crippen molar-refractivity contribution >= 4 is 11.7 Å². The molecular weight excluding hydrogens is 200 g/mol. The maximum Gasteiger partial charge on any atom is 0.321 e. The van der Waals surface area contributed by atoms with Crippen molar-refractivity contribution in [2.75, 3.05) is 18.5 Å². The molecule has 2 rings (SSSR count). The average Bonchev–Trinajstić information content (AvgIpc) is 2.50. The normalized spacial score (nSPS) is 17.1. The summed E-state index contributed by atoms with van der Waals surface area (Å²) < 4.78 is 0. The van der Waals surface area contributed by atoms with Gasteiger partial charge in [0.1, 0.15) is 0 Å². The molecule has 1 aliphatic rings. The van der Waals surface area contributed by atoms with E-state index in [0.29, 0.717) is 0 Å². The fourth-order valence-electron chi connectivity index (χ4n) is 2.31. The van der Waals surface area contributed by atoms with Crippen molar-refractivity contribution in [1.82, 2.24) is 5.32 Å². The van der Waals surface area contributed by atoms with Crippen LogP contribution in [0.5, 0.6) is 0 Å². The van der Waals surface area contributed by atoms with Gasteiger partial charge in [0.2, 0.25) is 0 Å². The molecule has 3 nitrogen and oxygen atoms in total. The Bertz CT molecular complexity index is 438. The van der Waals surface area contributed by atoms with E-state index in [1.165, 1.54) is 11.1 Å². The first-order valence-electron chi connectivity index (χ1n) is 5.56. The van der Waals surface area contributed by atoms with Gasteiger partial charge in [0.15, 0.2) is 0 Å². The highest BCUT2D eigenvalue weighted by atomic mass is 16.2. The number of nitrogens with zero attached hydrogens (tertiary/aromatic N) is 1. The van der Waals surface area contributed by atoms with Gasteiger partial charge in [-0.05, 0) is 18.6 Å². The van der Waals surface area contributed by atoms with E-state index in [0.717, 1.165) is 12.2 Å². The van der Waals surface area contributed by atoms with Crippen LogP contribution >= 0.6 is 0 Å². The molecule has 0 saturated heterocycles. The smallest absolute Gasteiger partial charge is 0.321 e. The molecule has 0 saturated carbocycles. The number of aryl methyl sites for hydroxylation is 1. The van der Waals surface area contributed by atoms with Crippen molar-refractivity contribution in [3.63, 3.8) is 0 Å². The first-order chi connectivity index (χ1) is 7.45. The van der Waals surface area contributed by atoms with E-state index in [-0.39, 0.29) is 11.4 Å². The van der Waals surface area contributed by atoms with Crippen LogP contribution in [0.3, 0.4) is 0 Å². The van der Waals surface area contributed by atoms with E-state index in [1.807, 2.05) is 11.0 Å². The Balaban J connectivity index is 2.51. The van der Waals surface area contributed by atoms with Gasteiger partial charge in [-0.1, -0.05) is 31.5 Å². The Morgan fingerprint density at radius 1 is 1.44 bits per heavy atom. The number of amides is 2. The number of carbonyl (C=O) groups is 1. The van der Waals surface area contributed by atoms with E-state index in [9.17, 15) is 4.79 Å². The molecule has 0 aliphatic carbocycles. The second-order valence-electron chi connectivity index (χ2n) is 5.05. The minimum absolute atomic E-state index is 0.0318. The summed E-state index contributed by atoms with van der Waals surface area (Å²) in [4.78, 5) is 13.6. The van der Waals surface area contributed by atoms with Crippen molar-refractivity contribution < 1.29 is 4.79 Å². The molecule has 1 aromatic carbocycles. The molecule has 2 amide bonds. The first kappa shape index (κ1) is 11.0. The fraction of sp³-hybridized carbons (Fsp3) is 0.462. The van der Waals surface area contributed by atoms with Crippen LogP contribution in [-0.2, 0) is 5.41 Å². The van der Waals surface area contributed by atoms with Crippen LogP contribution in [-0.4, -0.2) is 19.6 Å². The van der Waals surface area contributed by atoms with Crippen LogP contribution < -0.4 is 10.2 Å². The van der Waals surface area contributed by atoms with Crippen LogP contribution in [0.2, 0.25) is 0 Å². The third-order valence-corrected chi connectivity index (χ3v) is 3.18. The molecule has 16 heavy (non-hydrogen) atoms. The lowest BCUT2D eigenvalue weighted by molar-refractivity contribution is 0.247. The molecule has 1 heterocycles. The number of fused-ring (bicyclic) bond motifs is 1. The Morgan fingerprint density at radius 3 is 2.75 bits per heavy atom. The average molecular weight is 218 g/mol. The Morgan fingerprint density at radius 2 is 2.12 bits per heavy atom. The largest absolute Gasteiger partial charge is 0.341 e. The number of carbonyl (C=O) groups excluding carboxylic acids is 1. The summed E-state index contributed by atoms with van der Waals surface area (Å²) in [6, 6.07) is 6.24. The molecule has 0 unspecified atom stereocenters. The molecule has 1 aliphatic heterocycles. The zero-order valence-corrected chi connectivity index (χ0v) is 10.3. The lowest BCUT2D eigenvalue weighted by Crippen LogP contribution is -2.39. The minimum atomic E-state index is -0.0318. The number of urea groups is 1. The summed E-state index contributed by atoms with van der Waals surface area (Å²) in [7, 11) is 1.67. The summed E-state index contributed by atoms with van der Waals surface area (Å²) in [5.74, 6) is 0. The maximum atomic E-state index is 11.8. The van der Waals surface area contributed by atoms with Gasteiger partial charge in [-0.3, -0.25) is 4.90 Å². The number of rotatable bonds is 0. The highest BCUT2D eigenvalue weighted by Gasteiger charge is 2.37. The third kappa shape index (κ3) is 1.56. The summed E-state index contributed by atoms with van der Waals surface area (Å²) in [5, 5.41) is 2.69. The van der Waals surface area contributed by atoms with Crippen molar-refractivity contribution in [1.29, 1.82) is 0 Å². The number of nitrogens with one attached hydrogen (secondary N) is 1. The summed E-state index contributed by atoms with van der Waals surface area (Å²) in [5.41, 5.74) is 3.57. The second kappa shape index (κ2) is 3.51. The van der Waals surface area contributed by atoms with Gasteiger partial charge < -0.3 is 5.32 Å². The molecular formula is C13H18N2O. The van der Waals surface area contributed by atoms with Crippen molar-refractivity contribution in [2.45, 2.75) is 26.2 Å². The maximum absolute atomic E-state index is 11.8. The van der Waals surface area contributed by atoms with Gasteiger partial charge in [0.25, 0.3) is 0 Å². The van der Waals surface area contributed by atoms with Gasteiger partial charge in [-0.25, -0.2) is 4.79 Å². The van der Waals surface area contributed by atoms with Crippen molar-refractivity contribution in [2.24, 2.45) is 0 Å². The van der Waals surface area contributed by atoms with Gasteiger partial charge >= 0.3 is 6.03 Å². The van der Waals surface area contributed by atoms with Gasteiger partial charge in [-0.2, -0.15) is 0 Å². The van der Waals surface area contributed by atoms with Crippen molar-refractivity contribution in [3.8, 4) is 0 Å². The number of hydrogen-bond acceptors (Lipinski definition) is 1. The highest BCUT2D eigenvalue weighted by molar-refractivity contribution is 5.95. The highest BCUT2D eigenvalue weighted by Crippen LogP contribution is 2.40. The van der Waals surface area contributed by atoms with E-state index < -0.39 is 0 Å². The predicted molar refractivity (Wildman–Crippen MR) is 66.0 cm³/mol. The Labute approximate surface area is 96.5 Å². The van der Waals surface area contributed by atoms with E-state index >= 15 is 0 Å². The fourth-order valence-corrected chi connectivity index (χ4v) is 2.31. The Kier molecular flexibility index (Phi) is 2.41. The number of benzene rings is 1. The quantitative estimate of drug-likeness (QED) is 0.712. The molecule has 3 heteroatoms. The molecule has 86 valence electrons. The molecule has 1 aromatic rings. The van der Waals surface area contributed by atoms with Gasteiger partial charge in [-0.15, -0.1) is 0 Å². The predicted octanol–water partition coefficient (Wildman–Crippen LogP) is 2.43. The third-order valence-electron chi connectivity index (χ3n) is 3.18. The van der Waals surface area contributed by atoms with E-state index in [4.69, 9.17) is 0 Å². The van der Waals surface area contributed by atoms with Gasteiger partial charge in [0, 0.05) is 24.7 Å². The van der Waals surface area contributed by atoms with Crippen LogP contribution in [0.25, 0.3) is 0 Å². The standard InChI is InChI=1S/C13H18N2O/c1-9-5-6-11-10(7-9)13(2,3)8-15(11)12(16)14-4/h5-7H,8H2,1-4H3,(H,14,16). The monoisotopic (exact) mass is 218 g/mol. The zero-order chi connectivity index (χ0) is 11.9. The molecule has 0 aromatic heterocycles. The second-order valence-corrected chi connectivity index (χ2v) is 5.05. The topological polar surface area (TPSA) is 32.3 Å². The molecule has 0 spiro atoms. The molecule has 0 bridgehead atoms. The van der Waals surface area contributed by atoms with E-state index in [2.05, 4.69) is 38.2 Å². The summed E-state index contributed by atoms with van der Waals surface area (Å²) in [6.07, 6.45) is 0. The number of anilines is 1. The van der Waals surface area contributed by atoms with Crippen molar-refractivity contribution in [3.05, 3.63) is 29.3 Å². The molecule has 1 N–H and O–H groups in total. The summed E-state index contributed by atoms with van der Waals surface area (Å²) >= 11 is 0. The SMILES string of the molecule is CNC(=O)N1CC(C)(C)c2cc(C)ccc21. The number of hydrogen-bond donors (Lipinski definition) is 1. The zero-order valence-electron chi connectivity index (χ0n) is 10.3. The van der Waals surface area contributed by atoms with Crippen LogP contribution in [0, 0.1) is 6.92 Å². The van der Waals surface area contributed by atoms with Gasteiger partial charge in [0.05, 0.1) is 0 Å². The lowest BCUT2D eigenvalue weighted by Gasteiger charge is -2.20. The minimum Gasteiger partial charge on any atom is -0.341 e. The van der Waals surface area contributed by atoms with E-state index in [1.54, 1.807) is 7.05 Å². The molecule has 0 atom stereocenters. The first-order valence-corrected chi connectivity index (χ1v) is 5.56. The summed E-state index contributed by atoms with van der Waals surface area (Å²) in [6.45, 7) is 7.17. The van der Waals surface area contributed by atoms with Crippen LogP contribution in [0.15, 0.2) is 18.2 Å². The lowest BCUT2D eigenvalue weighted by atomic mass is 9.86. The Hall–Kier alpha value is -1.51. The molecule has 0 radical (unpaired) electrons. The van der Waals surface area contributed by atoms with Crippen LogP contribution in [0.1, 0.15) is 25.0 Å². The van der Waals surface area contributed by atoms with Crippen LogP contribution in [0.4, 0.5) is 10.5 Å². The molecule has 0 fully saturated rings.